The second-order valence-electron chi connectivity index (χ2n) is 7.48. The molecule has 0 aliphatic carbocycles. The smallest absolute Gasteiger partial charge is 0.265 e. The molecule has 5 rings (SSSR count). The highest BCUT2D eigenvalue weighted by molar-refractivity contribution is 5.93. The van der Waals surface area contributed by atoms with Crippen molar-refractivity contribution < 1.29 is 4.79 Å². The fourth-order valence-electron chi connectivity index (χ4n) is 4.02. The maximum atomic E-state index is 11.9. The van der Waals surface area contributed by atoms with Crippen molar-refractivity contribution >= 4 is 17.2 Å². The second kappa shape index (κ2) is 7.27. The molecule has 4 heterocycles. The maximum absolute atomic E-state index is 11.9. The van der Waals surface area contributed by atoms with Gasteiger partial charge in [-0.1, -0.05) is 36.4 Å². The average molecular weight is 398 g/mol. The number of aromatic nitrogens is 3. The molecule has 4 N–H and O–H groups in total. The highest BCUT2D eigenvalue weighted by atomic mass is 16.1. The molecule has 0 fully saturated rings. The zero-order valence-electron chi connectivity index (χ0n) is 16.6. The van der Waals surface area contributed by atoms with E-state index in [1.807, 2.05) is 47.9 Å². The van der Waals surface area contributed by atoms with Gasteiger partial charge in [0.15, 0.2) is 5.82 Å². The number of rotatable bonds is 5. The van der Waals surface area contributed by atoms with Crippen LogP contribution in [0.1, 0.15) is 32.9 Å². The van der Waals surface area contributed by atoms with Crippen molar-refractivity contribution in [1.82, 2.24) is 19.7 Å². The molecule has 7 nitrogen and oxygen atoms in total. The van der Waals surface area contributed by atoms with E-state index in [2.05, 4.69) is 22.8 Å². The van der Waals surface area contributed by atoms with E-state index < -0.39 is 5.91 Å². The number of hydrogen-bond donors (Lipinski definition) is 3. The third kappa shape index (κ3) is 3.09. The van der Waals surface area contributed by atoms with Crippen molar-refractivity contribution in [3.63, 3.8) is 0 Å². The van der Waals surface area contributed by atoms with Crippen molar-refractivity contribution in [2.45, 2.75) is 26.6 Å². The first-order valence-corrected chi connectivity index (χ1v) is 9.91. The second-order valence-corrected chi connectivity index (χ2v) is 7.48. The summed E-state index contributed by atoms with van der Waals surface area (Å²) in [4.78, 5) is 21.6. The summed E-state index contributed by atoms with van der Waals surface area (Å²) in [5.41, 5.74) is 12.1. The molecule has 1 aromatic carbocycles. The molecule has 0 radical (unpaired) electrons. The van der Waals surface area contributed by atoms with Crippen LogP contribution in [0, 0.1) is 6.92 Å². The summed E-state index contributed by atoms with van der Waals surface area (Å²) < 4.78 is 1.82. The molecule has 1 aliphatic heterocycles. The average Bonchev–Trinajstić information content (AvgIpc) is 3.35. The van der Waals surface area contributed by atoms with Crippen LogP contribution < -0.4 is 16.4 Å². The lowest BCUT2D eigenvalue weighted by Gasteiger charge is -2.12. The summed E-state index contributed by atoms with van der Waals surface area (Å²) >= 11 is 0. The molecule has 3 aromatic heterocycles. The number of anilines is 1. The van der Waals surface area contributed by atoms with Gasteiger partial charge < -0.3 is 20.8 Å². The predicted octanol–water partition coefficient (Wildman–Crippen LogP) is 3.02. The number of amides is 1. The minimum Gasteiger partial charge on any atom is -0.366 e. The Labute approximate surface area is 174 Å². The van der Waals surface area contributed by atoms with E-state index in [0.717, 1.165) is 40.3 Å². The van der Waals surface area contributed by atoms with Crippen molar-refractivity contribution in [3.8, 4) is 11.4 Å². The molecule has 150 valence electrons. The van der Waals surface area contributed by atoms with Crippen LogP contribution in [0.15, 0.2) is 54.7 Å². The lowest BCUT2D eigenvalue weighted by atomic mass is 10.1. The first kappa shape index (κ1) is 18.3. The van der Waals surface area contributed by atoms with Crippen molar-refractivity contribution in [2.75, 3.05) is 5.32 Å². The normalized spacial score (nSPS) is 12.8. The standard InChI is InChI=1S/C23H22N6O/c1-14-13-29-18(8-5-9-19(29)21(24)30)20(14)23-27-17-12-25-11-16(17)22(28-23)26-10-15-6-3-2-4-7-15/h2-9,13,25H,10-12H2,1H3,(H2,24,30)(H,26,27,28). The van der Waals surface area contributed by atoms with Crippen molar-refractivity contribution in [1.29, 1.82) is 0 Å². The molecule has 0 unspecified atom stereocenters. The molecule has 0 spiro atoms. The first-order valence-electron chi connectivity index (χ1n) is 9.91. The fourth-order valence-corrected chi connectivity index (χ4v) is 4.02. The summed E-state index contributed by atoms with van der Waals surface area (Å²) in [5.74, 6) is 1.02. The monoisotopic (exact) mass is 398 g/mol. The highest BCUT2D eigenvalue weighted by Gasteiger charge is 2.22. The fraction of sp³-hybridized carbons (Fsp3) is 0.174. The SMILES string of the molecule is Cc1cn2c(C(N)=O)cccc2c1-c1nc2c(c(NCc3ccccc3)n1)CNC2. The molecule has 0 saturated heterocycles. The van der Waals surface area contributed by atoms with Gasteiger partial charge in [-0.2, -0.15) is 0 Å². The van der Waals surface area contributed by atoms with Gasteiger partial charge in [-0.25, -0.2) is 9.97 Å². The molecular weight excluding hydrogens is 376 g/mol. The van der Waals surface area contributed by atoms with Crippen LogP contribution in [0.5, 0.6) is 0 Å². The highest BCUT2D eigenvalue weighted by Crippen LogP contribution is 2.32. The van der Waals surface area contributed by atoms with Gasteiger partial charge in [0, 0.05) is 37.0 Å². The van der Waals surface area contributed by atoms with Gasteiger partial charge in [0.1, 0.15) is 11.5 Å². The lowest BCUT2D eigenvalue weighted by molar-refractivity contribution is 0.0994. The number of benzene rings is 1. The van der Waals surface area contributed by atoms with Gasteiger partial charge in [0.05, 0.1) is 11.2 Å². The maximum Gasteiger partial charge on any atom is 0.265 e. The van der Waals surface area contributed by atoms with E-state index >= 15 is 0 Å². The number of carbonyl (C=O) groups excluding carboxylic acids is 1. The Morgan fingerprint density at radius 2 is 1.97 bits per heavy atom. The number of nitrogens with one attached hydrogen (secondary N) is 2. The third-order valence-corrected chi connectivity index (χ3v) is 5.47. The van der Waals surface area contributed by atoms with E-state index in [9.17, 15) is 4.79 Å². The van der Waals surface area contributed by atoms with Gasteiger partial charge in [0.2, 0.25) is 0 Å². The topological polar surface area (TPSA) is 97.3 Å². The van der Waals surface area contributed by atoms with Crippen molar-refractivity contribution in [3.05, 3.63) is 82.8 Å². The molecule has 0 atom stereocenters. The van der Waals surface area contributed by atoms with Gasteiger partial charge in [-0.3, -0.25) is 4.79 Å². The molecule has 0 bridgehead atoms. The van der Waals surface area contributed by atoms with Gasteiger partial charge in [-0.15, -0.1) is 0 Å². The minimum atomic E-state index is -0.466. The predicted molar refractivity (Wildman–Crippen MR) is 116 cm³/mol. The van der Waals surface area contributed by atoms with Crippen LogP contribution in [0.3, 0.4) is 0 Å². The lowest BCUT2D eigenvalue weighted by Crippen LogP contribution is -2.14. The number of nitrogens with zero attached hydrogens (tertiary/aromatic N) is 3. The molecule has 0 saturated carbocycles. The van der Waals surface area contributed by atoms with Gasteiger partial charge in [-0.05, 0) is 30.2 Å². The summed E-state index contributed by atoms with van der Waals surface area (Å²) in [6.45, 7) is 4.14. The summed E-state index contributed by atoms with van der Waals surface area (Å²) in [6.07, 6.45) is 1.91. The number of primary amides is 1. The number of fused-ring (bicyclic) bond motifs is 2. The molecule has 30 heavy (non-hydrogen) atoms. The third-order valence-electron chi connectivity index (χ3n) is 5.47. The Bertz CT molecular complexity index is 1260. The van der Waals surface area contributed by atoms with Crippen LogP contribution in [-0.4, -0.2) is 20.3 Å². The van der Waals surface area contributed by atoms with E-state index in [1.54, 1.807) is 6.07 Å². The van der Waals surface area contributed by atoms with E-state index in [0.29, 0.717) is 24.6 Å². The van der Waals surface area contributed by atoms with E-state index in [-0.39, 0.29) is 0 Å². The quantitative estimate of drug-likeness (QED) is 0.480. The van der Waals surface area contributed by atoms with Crippen LogP contribution in [0.25, 0.3) is 16.9 Å². The van der Waals surface area contributed by atoms with Crippen LogP contribution in [0.4, 0.5) is 5.82 Å². The van der Waals surface area contributed by atoms with E-state index in [1.165, 1.54) is 5.56 Å². The zero-order chi connectivity index (χ0) is 20.7. The molecule has 1 aliphatic rings. The van der Waals surface area contributed by atoms with Crippen molar-refractivity contribution in [2.24, 2.45) is 5.73 Å². The zero-order valence-corrected chi connectivity index (χ0v) is 16.6. The Morgan fingerprint density at radius 3 is 2.77 bits per heavy atom. The summed E-state index contributed by atoms with van der Waals surface area (Å²) in [6, 6.07) is 15.8. The van der Waals surface area contributed by atoms with Crippen LogP contribution in [0.2, 0.25) is 0 Å². The molecular formula is C23H22N6O. The number of nitrogens with two attached hydrogens (primary N) is 1. The number of carbonyl (C=O) groups is 1. The van der Waals surface area contributed by atoms with Gasteiger partial charge in [0.25, 0.3) is 5.91 Å². The molecule has 7 heteroatoms. The summed E-state index contributed by atoms with van der Waals surface area (Å²) in [5, 5.41) is 6.85. The molecule has 4 aromatic rings. The Morgan fingerprint density at radius 1 is 1.13 bits per heavy atom. The minimum absolute atomic E-state index is 0.437. The Kier molecular flexibility index (Phi) is 4.44. The largest absolute Gasteiger partial charge is 0.366 e. The molecule has 1 amide bonds. The number of hydrogen-bond acceptors (Lipinski definition) is 5. The van der Waals surface area contributed by atoms with Crippen LogP contribution in [-0.2, 0) is 19.6 Å². The number of aryl methyl sites for hydroxylation is 1. The first-order chi connectivity index (χ1) is 14.6. The van der Waals surface area contributed by atoms with Crippen LogP contribution >= 0.6 is 0 Å². The summed E-state index contributed by atoms with van der Waals surface area (Å²) in [7, 11) is 0. The number of pyridine rings is 1. The Balaban J connectivity index is 1.61. The van der Waals surface area contributed by atoms with Gasteiger partial charge >= 0.3 is 0 Å². The van der Waals surface area contributed by atoms with E-state index in [4.69, 9.17) is 15.7 Å². The Hall–Kier alpha value is -3.71.